The Morgan fingerprint density at radius 3 is 2.08 bits per heavy atom. The predicted octanol–water partition coefficient (Wildman–Crippen LogP) is 4.49. The Labute approximate surface area is 223 Å². The zero-order chi connectivity index (χ0) is 27.0. The molecule has 0 bridgehead atoms. The van der Waals surface area contributed by atoms with Gasteiger partial charge >= 0.3 is 0 Å². The Morgan fingerprint density at radius 1 is 1.03 bits per heavy atom. The van der Waals surface area contributed by atoms with Crippen LogP contribution >= 0.6 is 23.2 Å². The van der Waals surface area contributed by atoms with Gasteiger partial charge in [0, 0.05) is 28.2 Å². The maximum atomic E-state index is 13.7. The number of anilines is 1. The van der Waals surface area contributed by atoms with E-state index in [4.69, 9.17) is 27.9 Å². The highest BCUT2D eigenvalue weighted by molar-refractivity contribution is 7.92. The molecule has 0 aliphatic carbocycles. The van der Waals surface area contributed by atoms with Crippen molar-refractivity contribution in [3.8, 4) is 5.75 Å². The lowest BCUT2D eigenvalue weighted by Gasteiger charge is -2.33. The Kier molecular flexibility index (Phi) is 10.9. The van der Waals surface area contributed by atoms with E-state index in [2.05, 4.69) is 5.32 Å². The number of rotatable bonds is 12. The number of carbonyl (C=O) groups is 2. The monoisotopic (exact) mass is 557 g/mol. The van der Waals surface area contributed by atoms with E-state index in [-0.39, 0.29) is 18.5 Å². The molecule has 0 unspecified atom stereocenters. The van der Waals surface area contributed by atoms with E-state index >= 15 is 0 Å². The third-order valence-electron chi connectivity index (χ3n) is 5.82. The van der Waals surface area contributed by atoms with Gasteiger partial charge in [0.05, 0.1) is 19.1 Å². The summed E-state index contributed by atoms with van der Waals surface area (Å²) in [6.45, 7) is 5.02. The van der Waals surface area contributed by atoms with E-state index in [0.717, 1.165) is 10.6 Å². The zero-order valence-corrected chi connectivity index (χ0v) is 23.5. The van der Waals surface area contributed by atoms with Crippen LogP contribution in [0.4, 0.5) is 5.69 Å². The first kappa shape index (κ1) is 29.7. The molecule has 0 saturated carbocycles. The van der Waals surface area contributed by atoms with Crippen LogP contribution < -0.4 is 14.4 Å². The molecule has 0 radical (unpaired) electrons. The molecule has 0 aromatic heterocycles. The second-order valence-corrected chi connectivity index (χ2v) is 11.2. The fourth-order valence-electron chi connectivity index (χ4n) is 3.58. The number of nitrogens with zero attached hydrogens (tertiary/aromatic N) is 2. The summed E-state index contributed by atoms with van der Waals surface area (Å²) in [7, 11) is -2.34. The van der Waals surface area contributed by atoms with Crippen molar-refractivity contribution in [3.05, 3.63) is 58.1 Å². The molecule has 2 aromatic rings. The SMILES string of the molecule is CC[C@@H](C)NC(=O)[C@H](CC)N(Cc1c(Cl)cccc1Cl)C(=O)CN(c1ccc(OC)cc1)S(C)(=O)=O. The van der Waals surface area contributed by atoms with Gasteiger partial charge in [-0.15, -0.1) is 0 Å². The quantitative estimate of drug-likeness (QED) is 0.414. The van der Waals surface area contributed by atoms with Crippen LogP contribution in [0.3, 0.4) is 0 Å². The summed E-state index contributed by atoms with van der Waals surface area (Å²) in [5.74, 6) is -0.363. The minimum absolute atomic E-state index is 0.0655. The highest BCUT2D eigenvalue weighted by Crippen LogP contribution is 2.28. The average molecular weight is 559 g/mol. The normalized spacial score (nSPS) is 13.0. The van der Waals surface area contributed by atoms with Gasteiger partial charge < -0.3 is 15.0 Å². The number of carbonyl (C=O) groups excluding carboxylic acids is 2. The number of halogens is 2. The van der Waals surface area contributed by atoms with Crippen LogP contribution in [0.2, 0.25) is 10.0 Å². The van der Waals surface area contributed by atoms with Gasteiger partial charge in [0.2, 0.25) is 21.8 Å². The maximum absolute atomic E-state index is 13.7. The largest absolute Gasteiger partial charge is 0.497 e. The van der Waals surface area contributed by atoms with Crippen molar-refractivity contribution in [2.24, 2.45) is 0 Å². The van der Waals surface area contributed by atoms with Crippen molar-refractivity contribution in [2.75, 3.05) is 24.2 Å². The van der Waals surface area contributed by atoms with Crippen LogP contribution in [0, 0.1) is 0 Å². The third-order valence-corrected chi connectivity index (χ3v) is 7.67. The van der Waals surface area contributed by atoms with E-state index in [0.29, 0.717) is 39.9 Å². The van der Waals surface area contributed by atoms with Crippen molar-refractivity contribution in [3.63, 3.8) is 0 Å². The van der Waals surface area contributed by atoms with Crippen molar-refractivity contribution >= 4 is 50.7 Å². The second kappa shape index (κ2) is 13.2. The molecular weight excluding hydrogens is 525 g/mol. The molecule has 0 saturated heterocycles. The van der Waals surface area contributed by atoms with E-state index in [1.165, 1.54) is 12.0 Å². The van der Waals surface area contributed by atoms with Crippen LogP contribution in [0.1, 0.15) is 39.2 Å². The molecule has 2 atom stereocenters. The number of hydrogen-bond acceptors (Lipinski definition) is 5. The standard InChI is InChI=1S/C25H33Cl2N3O5S/c1-6-17(3)28-25(32)23(7-2)29(15-20-21(26)9-8-10-22(20)27)24(31)16-30(36(5,33)34)18-11-13-19(35-4)14-12-18/h8-14,17,23H,6-7,15-16H2,1-5H3,(H,28,32)/t17-,23+/m1/s1. The van der Waals surface area contributed by atoms with Gasteiger partial charge in [0.25, 0.3) is 0 Å². The van der Waals surface area contributed by atoms with Crippen LogP contribution in [0.25, 0.3) is 0 Å². The molecule has 2 amide bonds. The number of hydrogen-bond donors (Lipinski definition) is 1. The van der Waals surface area contributed by atoms with Gasteiger partial charge in [-0.3, -0.25) is 13.9 Å². The van der Waals surface area contributed by atoms with Crippen LogP contribution in [-0.2, 0) is 26.2 Å². The van der Waals surface area contributed by atoms with E-state index < -0.39 is 28.5 Å². The fraction of sp³-hybridized carbons (Fsp3) is 0.440. The summed E-state index contributed by atoms with van der Waals surface area (Å²) >= 11 is 12.7. The molecule has 2 aromatic carbocycles. The van der Waals surface area contributed by atoms with Gasteiger partial charge in [-0.1, -0.05) is 43.1 Å². The highest BCUT2D eigenvalue weighted by atomic mass is 35.5. The molecule has 8 nitrogen and oxygen atoms in total. The molecule has 0 spiro atoms. The number of amides is 2. The lowest BCUT2D eigenvalue weighted by molar-refractivity contribution is -0.140. The summed E-state index contributed by atoms with van der Waals surface area (Å²) in [4.78, 5) is 28.2. The number of nitrogens with one attached hydrogen (secondary N) is 1. The van der Waals surface area contributed by atoms with Gasteiger partial charge in [-0.25, -0.2) is 8.42 Å². The maximum Gasteiger partial charge on any atom is 0.244 e. The minimum Gasteiger partial charge on any atom is -0.497 e. The smallest absolute Gasteiger partial charge is 0.244 e. The topological polar surface area (TPSA) is 96.0 Å². The second-order valence-electron chi connectivity index (χ2n) is 8.43. The molecular formula is C25H33Cl2N3O5S. The predicted molar refractivity (Wildman–Crippen MR) is 144 cm³/mol. The Hall–Kier alpha value is -2.49. The molecule has 2 rings (SSSR count). The lowest BCUT2D eigenvalue weighted by Crippen LogP contribution is -2.53. The van der Waals surface area contributed by atoms with Crippen molar-refractivity contribution in [1.82, 2.24) is 10.2 Å². The summed E-state index contributed by atoms with van der Waals surface area (Å²) in [6.07, 6.45) is 2.04. The van der Waals surface area contributed by atoms with Crippen LogP contribution in [0.5, 0.6) is 5.75 Å². The first-order chi connectivity index (χ1) is 16.9. The zero-order valence-electron chi connectivity index (χ0n) is 21.1. The first-order valence-electron chi connectivity index (χ1n) is 11.6. The van der Waals surface area contributed by atoms with Gasteiger partial charge in [-0.2, -0.15) is 0 Å². The van der Waals surface area contributed by atoms with Gasteiger partial charge in [0.15, 0.2) is 0 Å². The van der Waals surface area contributed by atoms with Crippen molar-refractivity contribution in [2.45, 2.75) is 52.2 Å². The molecule has 198 valence electrons. The first-order valence-corrected chi connectivity index (χ1v) is 14.2. The molecule has 36 heavy (non-hydrogen) atoms. The van der Waals surface area contributed by atoms with Gasteiger partial charge in [-0.05, 0) is 56.2 Å². The molecule has 11 heteroatoms. The molecule has 0 heterocycles. The summed E-state index contributed by atoms with van der Waals surface area (Å²) in [6, 6.07) is 10.3. The summed E-state index contributed by atoms with van der Waals surface area (Å²) < 4.78 is 31.5. The summed E-state index contributed by atoms with van der Waals surface area (Å²) in [5, 5.41) is 3.60. The van der Waals surface area contributed by atoms with Crippen molar-refractivity contribution < 1.29 is 22.7 Å². The summed E-state index contributed by atoms with van der Waals surface area (Å²) in [5.41, 5.74) is 0.763. The Bertz CT molecular complexity index is 1140. The van der Waals surface area contributed by atoms with Crippen molar-refractivity contribution in [1.29, 1.82) is 0 Å². The number of ether oxygens (including phenoxy) is 1. The molecule has 1 N–H and O–H groups in total. The average Bonchev–Trinajstić information content (AvgIpc) is 2.83. The fourth-order valence-corrected chi connectivity index (χ4v) is 4.94. The minimum atomic E-state index is -3.84. The van der Waals surface area contributed by atoms with E-state index in [9.17, 15) is 18.0 Å². The lowest BCUT2D eigenvalue weighted by atomic mass is 10.1. The molecule has 0 aliphatic heterocycles. The van der Waals surface area contributed by atoms with E-state index in [1.807, 2.05) is 13.8 Å². The Morgan fingerprint density at radius 2 is 1.61 bits per heavy atom. The number of sulfonamides is 1. The highest BCUT2D eigenvalue weighted by Gasteiger charge is 2.33. The number of benzene rings is 2. The van der Waals surface area contributed by atoms with E-state index in [1.54, 1.807) is 49.4 Å². The number of methoxy groups -OCH3 is 1. The van der Waals surface area contributed by atoms with Crippen LogP contribution in [0.15, 0.2) is 42.5 Å². The van der Waals surface area contributed by atoms with Gasteiger partial charge in [0.1, 0.15) is 18.3 Å². The molecule has 0 aliphatic rings. The Balaban J connectivity index is 2.49. The molecule has 0 fully saturated rings. The van der Waals surface area contributed by atoms with Crippen LogP contribution in [-0.4, -0.2) is 57.1 Å². The third kappa shape index (κ3) is 7.75.